The molecule has 0 spiro atoms. The summed E-state index contributed by atoms with van der Waals surface area (Å²) >= 11 is 0. The van der Waals surface area contributed by atoms with E-state index in [1.807, 2.05) is 42.5 Å². The molecular weight excluding hydrogens is 532 g/mol. The number of phenolic OH excluding ortho intramolecular Hbond substituents is 1. The van der Waals surface area contributed by atoms with Crippen molar-refractivity contribution in [2.45, 2.75) is 32.2 Å². The lowest BCUT2D eigenvalue weighted by molar-refractivity contribution is -0.129. The second-order valence-electron chi connectivity index (χ2n) is 10.0. The second kappa shape index (κ2) is 9.20. The van der Waals surface area contributed by atoms with Gasteiger partial charge in [-0.3, -0.25) is 14.4 Å². The molecule has 0 fully saturated rings. The Morgan fingerprint density at radius 1 is 1.10 bits per heavy atom. The fourth-order valence-corrected chi connectivity index (χ4v) is 5.47. The fraction of sp³-hybridized carbons (Fsp3) is 0.200. The first kappa shape index (κ1) is 26.1. The van der Waals surface area contributed by atoms with Crippen LogP contribution < -0.4 is 14.8 Å². The van der Waals surface area contributed by atoms with Crippen LogP contribution in [0, 0.1) is 0 Å². The Morgan fingerprint density at radius 3 is 2.54 bits per heavy atom. The summed E-state index contributed by atoms with van der Waals surface area (Å²) in [7, 11) is 1.24. The van der Waals surface area contributed by atoms with Gasteiger partial charge in [0.15, 0.2) is 17.3 Å². The summed E-state index contributed by atoms with van der Waals surface area (Å²) in [6.45, 7) is 2.64. The van der Waals surface area contributed by atoms with Crippen LogP contribution in [0.15, 0.2) is 71.7 Å². The van der Waals surface area contributed by atoms with Crippen molar-refractivity contribution in [3.8, 4) is 17.2 Å². The molecule has 0 radical (unpaired) electrons. The predicted molar refractivity (Wildman–Crippen MR) is 143 cm³/mol. The number of carbonyl (C=O) groups is 4. The van der Waals surface area contributed by atoms with Gasteiger partial charge in [0.2, 0.25) is 0 Å². The second-order valence-corrected chi connectivity index (χ2v) is 10.0. The maximum Gasteiger partial charge on any atom is 0.329 e. The molecule has 41 heavy (non-hydrogen) atoms. The van der Waals surface area contributed by atoms with E-state index in [1.54, 1.807) is 0 Å². The van der Waals surface area contributed by atoms with Crippen LogP contribution in [0.2, 0.25) is 0 Å². The normalized spacial score (nSPS) is 21.0. The molecule has 6 rings (SSSR count). The number of allylic oxidation sites excluding steroid dienone is 3. The summed E-state index contributed by atoms with van der Waals surface area (Å²) in [4.78, 5) is 53.5. The smallest absolute Gasteiger partial charge is 0.329 e. The van der Waals surface area contributed by atoms with Crippen molar-refractivity contribution in [2.75, 3.05) is 7.11 Å². The van der Waals surface area contributed by atoms with E-state index >= 15 is 0 Å². The van der Waals surface area contributed by atoms with Crippen molar-refractivity contribution in [3.05, 3.63) is 88.4 Å². The Bertz CT molecular complexity index is 1770. The van der Waals surface area contributed by atoms with Gasteiger partial charge in [-0.05, 0) is 36.2 Å². The zero-order valence-electron chi connectivity index (χ0n) is 22.2. The summed E-state index contributed by atoms with van der Waals surface area (Å²) < 4.78 is 16.9. The number of aliphatic hydroxyl groups excluding tert-OH is 1. The molecule has 3 aliphatic rings. The third kappa shape index (κ3) is 3.77. The van der Waals surface area contributed by atoms with Crippen LogP contribution >= 0.6 is 0 Å². The molecule has 208 valence electrons. The van der Waals surface area contributed by atoms with Gasteiger partial charge in [0.1, 0.15) is 39.6 Å². The number of aliphatic hydroxyl groups is 1. The van der Waals surface area contributed by atoms with E-state index in [0.717, 1.165) is 40.3 Å². The van der Waals surface area contributed by atoms with Crippen molar-refractivity contribution in [3.63, 3.8) is 0 Å². The number of urea groups is 1. The third-order valence-corrected chi connectivity index (χ3v) is 7.54. The monoisotopic (exact) mass is 556 g/mol. The highest BCUT2D eigenvalue weighted by molar-refractivity contribution is 6.26. The average molecular weight is 557 g/mol. The number of hydrogen-bond acceptors (Lipinski definition) is 9. The van der Waals surface area contributed by atoms with Crippen molar-refractivity contribution >= 4 is 34.3 Å². The summed E-state index contributed by atoms with van der Waals surface area (Å²) in [5, 5.41) is 26.0. The first-order chi connectivity index (χ1) is 19.6. The number of aromatic hydroxyl groups is 1. The van der Waals surface area contributed by atoms with Crippen LogP contribution in [0.25, 0.3) is 10.8 Å². The number of benzene rings is 3. The van der Waals surface area contributed by atoms with Gasteiger partial charge in [-0.1, -0.05) is 36.4 Å². The molecule has 1 aliphatic carbocycles. The molecule has 2 aliphatic heterocycles. The number of imide groups is 1. The van der Waals surface area contributed by atoms with Gasteiger partial charge in [-0.15, -0.1) is 0 Å². The molecule has 3 aromatic carbocycles. The summed E-state index contributed by atoms with van der Waals surface area (Å²) in [6, 6.07) is 13.8. The van der Waals surface area contributed by atoms with Gasteiger partial charge < -0.3 is 29.7 Å². The van der Waals surface area contributed by atoms with Gasteiger partial charge >= 0.3 is 6.03 Å². The third-order valence-electron chi connectivity index (χ3n) is 7.54. The molecule has 0 saturated heterocycles. The van der Waals surface area contributed by atoms with Crippen LogP contribution in [0.4, 0.5) is 4.79 Å². The number of nitrogens with one attached hydrogen (secondary N) is 1. The van der Waals surface area contributed by atoms with E-state index in [0.29, 0.717) is 0 Å². The Morgan fingerprint density at radius 2 is 1.83 bits per heavy atom. The van der Waals surface area contributed by atoms with E-state index in [-0.39, 0.29) is 34.9 Å². The lowest BCUT2D eigenvalue weighted by Crippen LogP contribution is -2.54. The fourth-order valence-electron chi connectivity index (χ4n) is 5.47. The van der Waals surface area contributed by atoms with Crippen LogP contribution in [0.3, 0.4) is 0 Å². The average Bonchev–Trinajstić information content (AvgIpc) is 3.24. The van der Waals surface area contributed by atoms with Crippen LogP contribution in [0.1, 0.15) is 35.3 Å². The van der Waals surface area contributed by atoms with Crippen molar-refractivity contribution in [1.82, 2.24) is 10.2 Å². The Kier molecular flexibility index (Phi) is 5.86. The van der Waals surface area contributed by atoms with E-state index in [1.165, 1.54) is 14.0 Å². The maximum absolute atomic E-state index is 13.8. The minimum absolute atomic E-state index is 0.0944. The van der Waals surface area contributed by atoms with Crippen LogP contribution in [-0.4, -0.2) is 52.1 Å². The topological polar surface area (TPSA) is 152 Å². The number of fused-ring (bicyclic) bond motifs is 6. The SMILES string of the molecule is COC1Oc2cc(O)c3c(c2C(=O)N1C(=O)NCc1ccc2ccccc2c1)OC1=CC(O)=C(C(C)=O)C(=O)[C@]13C. The van der Waals surface area contributed by atoms with Crippen molar-refractivity contribution < 1.29 is 43.6 Å². The molecule has 3 amide bonds. The van der Waals surface area contributed by atoms with E-state index in [2.05, 4.69) is 5.32 Å². The summed E-state index contributed by atoms with van der Waals surface area (Å²) in [5.74, 6) is -3.86. The minimum atomic E-state index is -1.72. The number of methoxy groups -OCH3 is 1. The lowest BCUT2D eigenvalue weighted by Gasteiger charge is -2.34. The number of amides is 3. The lowest BCUT2D eigenvalue weighted by atomic mass is 9.71. The number of rotatable bonds is 4. The molecular formula is C30H24N2O9. The highest BCUT2D eigenvalue weighted by Gasteiger charge is 2.56. The maximum atomic E-state index is 13.8. The highest BCUT2D eigenvalue weighted by atomic mass is 16.7. The number of ether oxygens (including phenoxy) is 3. The van der Waals surface area contributed by atoms with E-state index in [9.17, 15) is 29.4 Å². The van der Waals surface area contributed by atoms with E-state index < -0.39 is 52.4 Å². The highest BCUT2D eigenvalue weighted by Crippen LogP contribution is 2.57. The first-order valence-electron chi connectivity index (χ1n) is 12.6. The van der Waals surface area contributed by atoms with Gasteiger partial charge in [0.05, 0.1) is 5.56 Å². The molecule has 1 unspecified atom stereocenters. The molecule has 3 aromatic rings. The molecule has 2 heterocycles. The largest absolute Gasteiger partial charge is 0.507 e. The summed E-state index contributed by atoms with van der Waals surface area (Å²) in [5.41, 5.74) is -1.71. The first-order valence-corrected chi connectivity index (χ1v) is 12.6. The number of ketones is 2. The molecule has 2 atom stereocenters. The molecule has 0 aromatic heterocycles. The minimum Gasteiger partial charge on any atom is -0.507 e. The van der Waals surface area contributed by atoms with Gasteiger partial charge in [0, 0.05) is 25.8 Å². The Labute approximate surface area is 233 Å². The zero-order chi connectivity index (χ0) is 29.2. The molecule has 0 bridgehead atoms. The number of Topliss-reactive ketones (excluding diaryl/α,β-unsaturated/α-hetero) is 2. The predicted octanol–water partition coefficient (Wildman–Crippen LogP) is 3.74. The van der Waals surface area contributed by atoms with Crippen molar-refractivity contribution in [1.29, 1.82) is 0 Å². The van der Waals surface area contributed by atoms with E-state index in [4.69, 9.17) is 14.2 Å². The van der Waals surface area contributed by atoms with Gasteiger partial charge in [-0.25, -0.2) is 4.79 Å². The molecule has 11 nitrogen and oxygen atoms in total. The Hall–Kier alpha value is -5.16. The zero-order valence-corrected chi connectivity index (χ0v) is 22.2. The summed E-state index contributed by atoms with van der Waals surface area (Å²) in [6.07, 6.45) is -0.372. The van der Waals surface area contributed by atoms with Gasteiger partial charge in [-0.2, -0.15) is 4.90 Å². The van der Waals surface area contributed by atoms with Crippen molar-refractivity contribution in [2.24, 2.45) is 0 Å². The Balaban J connectivity index is 1.36. The number of hydrogen-bond donors (Lipinski definition) is 3. The quantitative estimate of drug-likeness (QED) is 0.408. The molecule has 11 heteroatoms. The standard InChI is InChI=1S/C30H24N2O9/c1-14(33)22-18(34)12-21-30(2,26(22)36)24-19(35)11-20-23(25(24)41-21)27(37)32(29(39-3)40-20)28(38)31-13-15-8-9-16-6-4-5-7-17(16)10-15/h4-12,29,34-35H,13H2,1-3H3,(H,31,38)/t29?,30-/m1/s1. The number of phenols is 1. The molecule has 0 saturated carbocycles. The molecule has 3 N–H and O–H groups in total. The number of carbonyl (C=O) groups excluding carboxylic acids is 4. The van der Waals surface area contributed by atoms with Gasteiger partial charge in [0.25, 0.3) is 12.3 Å². The van der Waals surface area contributed by atoms with Crippen LogP contribution in [-0.2, 0) is 26.3 Å². The number of nitrogens with zero attached hydrogens (tertiary/aromatic N) is 1. The van der Waals surface area contributed by atoms with Crippen LogP contribution in [0.5, 0.6) is 17.2 Å².